The first-order valence-corrected chi connectivity index (χ1v) is 12.5. The number of nitrogens with zero attached hydrogens (tertiary/aromatic N) is 6. The van der Waals surface area contributed by atoms with E-state index in [9.17, 15) is 20.2 Å². The van der Waals surface area contributed by atoms with Crippen molar-refractivity contribution in [3.8, 4) is 11.5 Å². The predicted octanol–water partition coefficient (Wildman–Crippen LogP) is 3.14. The van der Waals surface area contributed by atoms with Gasteiger partial charge in [-0.05, 0) is 42.0 Å². The van der Waals surface area contributed by atoms with Crippen molar-refractivity contribution in [2.24, 2.45) is 0 Å². The van der Waals surface area contributed by atoms with E-state index < -0.39 is 9.85 Å². The molecule has 0 fully saturated rings. The minimum Gasteiger partial charge on any atom is -0.495 e. The lowest BCUT2D eigenvalue weighted by Gasteiger charge is -2.29. The molecule has 2 unspecified atom stereocenters. The summed E-state index contributed by atoms with van der Waals surface area (Å²) in [5, 5.41) is 22.4. The molecule has 0 aromatic heterocycles. The van der Waals surface area contributed by atoms with Crippen LogP contribution in [-0.2, 0) is 0 Å². The van der Waals surface area contributed by atoms with Gasteiger partial charge in [0.1, 0.15) is 22.9 Å². The van der Waals surface area contributed by atoms with Crippen molar-refractivity contribution >= 4 is 34.1 Å². The van der Waals surface area contributed by atoms with E-state index in [2.05, 4.69) is 0 Å². The average Bonchev–Trinajstić information content (AvgIpc) is 2.86. The van der Waals surface area contributed by atoms with Gasteiger partial charge in [0.2, 0.25) is 0 Å². The van der Waals surface area contributed by atoms with Crippen molar-refractivity contribution in [1.29, 1.82) is 0 Å². The van der Waals surface area contributed by atoms with Gasteiger partial charge in [0.15, 0.2) is 0 Å². The van der Waals surface area contributed by atoms with Crippen LogP contribution in [-0.4, -0.2) is 101 Å². The average molecular weight is 565 g/mol. The van der Waals surface area contributed by atoms with Crippen LogP contribution in [0.3, 0.4) is 0 Å². The van der Waals surface area contributed by atoms with E-state index >= 15 is 0 Å². The number of rotatable bonds is 12. The number of nitrogen functional groups attached to an aromatic ring is 2. The highest BCUT2D eigenvalue weighted by atomic mass is 16.6. The van der Waals surface area contributed by atoms with E-state index in [1.54, 1.807) is 12.1 Å². The molecular formula is C26H44N8O6. The van der Waals surface area contributed by atoms with Crippen LogP contribution in [0.1, 0.15) is 13.8 Å². The zero-order valence-corrected chi connectivity index (χ0v) is 25.2. The third-order valence-corrected chi connectivity index (χ3v) is 6.39. The minimum absolute atomic E-state index is 0.0172. The maximum atomic E-state index is 11.2. The molecule has 0 amide bonds. The molecule has 2 atom stereocenters. The molecule has 4 N–H and O–H groups in total. The fraction of sp³-hybridized carbons (Fsp3) is 0.538. The molecule has 0 saturated carbocycles. The van der Waals surface area contributed by atoms with Crippen LogP contribution in [0, 0.1) is 20.2 Å². The number of hydrogen-bond donors (Lipinski definition) is 2. The van der Waals surface area contributed by atoms with Gasteiger partial charge in [-0.15, -0.1) is 0 Å². The van der Waals surface area contributed by atoms with Crippen LogP contribution in [0.4, 0.5) is 34.1 Å². The molecular weight excluding hydrogens is 520 g/mol. The number of anilines is 4. The number of nitrogens with two attached hydrogens (primary N) is 2. The summed E-state index contributed by atoms with van der Waals surface area (Å²) >= 11 is 0. The highest BCUT2D eigenvalue weighted by Gasteiger charge is 2.25. The maximum absolute atomic E-state index is 11.2. The van der Waals surface area contributed by atoms with Gasteiger partial charge in [0, 0.05) is 63.5 Å². The lowest BCUT2D eigenvalue weighted by molar-refractivity contribution is -0.384. The number of methoxy groups -OCH3 is 2. The second-order valence-electron chi connectivity index (χ2n) is 10.1. The molecule has 0 heterocycles. The van der Waals surface area contributed by atoms with Crippen molar-refractivity contribution in [3.05, 3.63) is 44.5 Å². The third-order valence-electron chi connectivity index (χ3n) is 6.39. The fourth-order valence-corrected chi connectivity index (χ4v) is 4.14. The zero-order chi connectivity index (χ0) is 30.9. The topological polar surface area (TPSA) is 170 Å². The highest BCUT2D eigenvalue weighted by molar-refractivity contribution is 5.74. The quantitative estimate of drug-likeness (QED) is 0.220. The first-order valence-electron chi connectivity index (χ1n) is 12.5. The monoisotopic (exact) mass is 564 g/mol. The summed E-state index contributed by atoms with van der Waals surface area (Å²) < 4.78 is 10.3. The van der Waals surface area contributed by atoms with Crippen molar-refractivity contribution in [3.63, 3.8) is 0 Å². The SMILES string of the molecule is COc1cc(N(C)C(C)CN(C)C)c([N+](=O)[O-])cc1N.COc1cc(N(C)C(C)CN(C)C)c([N+](=O)[O-])cc1N. The number of ether oxygens (including phenoxy) is 2. The molecule has 2 aromatic rings. The number of benzene rings is 2. The standard InChI is InChI=1S/2C13H22N4O3/c2*1-9(8-15(2)3)16(4)11-7-13(20-5)10(14)6-12(11)17(18)19/h2*6-7,9H,8,14H2,1-5H3. The van der Waals surface area contributed by atoms with Crippen molar-refractivity contribution in [2.75, 3.05) is 90.9 Å². The van der Waals surface area contributed by atoms with E-state index in [0.717, 1.165) is 13.1 Å². The number of hydrogen-bond acceptors (Lipinski definition) is 12. The van der Waals surface area contributed by atoms with Crippen LogP contribution in [0.5, 0.6) is 11.5 Å². The molecule has 2 aromatic carbocycles. The normalized spacial score (nSPS) is 12.3. The second kappa shape index (κ2) is 14.9. The summed E-state index contributed by atoms with van der Waals surface area (Å²) in [4.78, 5) is 29.3. The summed E-state index contributed by atoms with van der Waals surface area (Å²) in [6, 6.07) is 6.12. The van der Waals surface area contributed by atoms with Gasteiger partial charge in [-0.1, -0.05) is 0 Å². The van der Waals surface area contributed by atoms with Crippen molar-refractivity contribution in [2.45, 2.75) is 25.9 Å². The van der Waals surface area contributed by atoms with E-state index in [1.807, 2.05) is 75.7 Å². The van der Waals surface area contributed by atoms with Crippen LogP contribution < -0.4 is 30.7 Å². The first kappa shape index (κ1) is 34.0. The predicted molar refractivity (Wildman–Crippen MR) is 161 cm³/mol. The molecule has 14 nitrogen and oxygen atoms in total. The molecule has 0 saturated heterocycles. The van der Waals surface area contributed by atoms with E-state index in [4.69, 9.17) is 20.9 Å². The molecule has 0 bridgehead atoms. The lowest BCUT2D eigenvalue weighted by Crippen LogP contribution is -2.37. The maximum Gasteiger partial charge on any atom is 0.294 e. The van der Waals surface area contributed by atoms with Gasteiger partial charge in [0.25, 0.3) is 11.4 Å². The molecule has 0 aliphatic heterocycles. The smallest absolute Gasteiger partial charge is 0.294 e. The molecule has 40 heavy (non-hydrogen) atoms. The van der Waals surface area contributed by atoms with E-state index in [0.29, 0.717) is 22.9 Å². The van der Waals surface area contributed by atoms with Crippen LogP contribution >= 0.6 is 0 Å². The van der Waals surface area contributed by atoms with E-state index in [1.165, 1.54) is 26.4 Å². The van der Waals surface area contributed by atoms with Gasteiger partial charge in [-0.25, -0.2) is 0 Å². The van der Waals surface area contributed by atoms with Crippen LogP contribution in [0.2, 0.25) is 0 Å². The van der Waals surface area contributed by atoms with Gasteiger partial charge >= 0.3 is 0 Å². The van der Waals surface area contributed by atoms with Crippen molar-refractivity contribution in [1.82, 2.24) is 9.80 Å². The zero-order valence-electron chi connectivity index (χ0n) is 25.2. The molecule has 2 rings (SSSR count). The summed E-state index contributed by atoms with van der Waals surface area (Å²) in [7, 11) is 14.5. The Bertz CT molecular complexity index is 1070. The van der Waals surface area contributed by atoms with Crippen LogP contribution in [0.15, 0.2) is 24.3 Å². The largest absolute Gasteiger partial charge is 0.495 e. The molecule has 0 spiro atoms. The summed E-state index contributed by atoms with van der Waals surface area (Å²) in [6.45, 7) is 5.57. The Labute approximate surface area is 236 Å². The van der Waals surface area contributed by atoms with Gasteiger partial charge in [-0.2, -0.15) is 0 Å². The van der Waals surface area contributed by atoms with Gasteiger partial charge in [-0.3, -0.25) is 20.2 Å². The second-order valence-corrected chi connectivity index (χ2v) is 10.1. The number of nitro groups is 2. The Hall–Kier alpha value is -4.04. The van der Waals surface area contributed by atoms with E-state index in [-0.39, 0.29) is 34.8 Å². The summed E-state index contributed by atoms with van der Waals surface area (Å²) in [5.74, 6) is 0.879. The Balaban J connectivity index is 0.000000400. The van der Waals surface area contributed by atoms with Gasteiger partial charge in [0.05, 0.1) is 35.4 Å². The fourth-order valence-electron chi connectivity index (χ4n) is 4.14. The highest BCUT2D eigenvalue weighted by Crippen LogP contribution is 2.38. The molecule has 0 aliphatic carbocycles. The lowest BCUT2D eigenvalue weighted by atomic mass is 10.1. The molecule has 14 heteroatoms. The Morgan fingerprint density at radius 1 is 0.700 bits per heavy atom. The van der Waals surface area contributed by atoms with Gasteiger partial charge < -0.3 is 40.5 Å². The Morgan fingerprint density at radius 3 is 1.23 bits per heavy atom. The molecule has 224 valence electrons. The number of likely N-dealkylation sites (N-methyl/N-ethyl adjacent to an activating group) is 4. The summed E-state index contributed by atoms with van der Waals surface area (Å²) in [6.07, 6.45) is 0. The third kappa shape index (κ3) is 9.02. The van der Waals surface area contributed by atoms with Crippen LogP contribution in [0.25, 0.3) is 0 Å². The molecule has 0 radical (unpaired) electrons. The Morgan fingerprint density at radius 2 is 1.00 bits per heavy atom. The molecule has 0 aliphatic rings. The summed E-state index contributed by atoms with van der Waals surface area (Å²) in [5.41, 5.74) is 13.0. The minimum atomic E-state index is -0.427. The van der Waals surface area contributed by atoms with Crippen molar-refractivity contribution < 1.29 is 19.3 Å². The Kier molecular flexibility index (Phi) is 12.7. The number of nitro benzene ring substituents is 2. The first-order chi connectivity index (χ1) is 18.5.